The van der Waals surface area contributed by atoms with Gasteiger partial charge in [-0.2, -0.15) is 0 Å². The lowest BCUT2D eigenvalue weighted by molar-refractivity contribution is 0.0777. The monoisotopic (exact) mass is 258 g/mol. The second kappa shape index (κ2) is 4.64. The Labute approximate surface area is 115 Å². The fourth-order valence-corrected chi connectivity index (χ4v) is 3.19. The number of fused-ring (bicyclic) bond motifs is 1. The summed E-state index contributed by atoms with van der Waals surface area (Å²) in [5.41, 5.74) is 3.75. The van der Waals surface area contributed by atoms with Gasteiger partial charge >= 0.3 is 0 Å². The molecule has 0 atom stereocenters. The summed E-state index contributed by atoms with van der Waals surface area (Å²) in [5.74, 6) is 0.226. The number of carbonyl (C=O) groups is 1. The molecule has 102 valence electrons. The molecule has 1 fully saturated rings. The Morgan fingerprint density at radius 1 is 1.37 bits per heavy atom. The van der Waals surface area contributed by atoms with Gasteiger partial charge in [-0.25, -0.2) is 0 Å². The lowest BCUT2D eigenvalue weighted by atomic mass is 9.93. The zero-order chi connectivity index (χ0) is 13.5. The Morgan fingerprint density at radius 3 is 2.95 bits per heavy atom. The maximum atomic E-state index is 12.7. The summed E-state index contributed by atoms with van der Waals surface area (Å²) in [7, 11) is 0. The number of carbonyl (C=O) groups excluding carboxylic acids is 1. The van der Waals surface area contributed by atoms with Crippen molar-refractivity contribution in [3.8, 4) is 0 Å². The van der Waals surface area contributed by atoms with E-state index in [2.05, 4.69) is 25.2 Å². The van der Waals surface area contributed by atoms with Crippen LogP contribution in [0.15, 0.2) is 18.2 Å². The van der Waals surface area contributed by atoms with E-state index >= 15 is 0 Å². The second-order valence-corrected chi connectivity index (χ2v) is 6.51. The third-order valence-corrected chi connectivity index (χ3v) is 4.34. The SMILES string of the molecule is CC1(C)CCN(C(=O)c2cccc3c2CCNC3)C1. The predicted octanol–water partition coefficient (Wildman–Crippen LogP) is 2.20. The van der Waals surface area contributed by atoms with Crippen molar-refractivity contribution in [2.75, 3.05) is 19.6 Å². The maximum absolute atomic E-state index is 12.7. The lowest BCUT2D eigenvalue weighted by Gasteiger charge is -2.24. The summed E-state index contributed by atoms with van der Waals surface area (Å²) in [6.45, 7) is 8.13. The van der Waals surface area contributed by atoms with Gasteiger partial charge in [0, 0.05) is 25.2 Å². The Hall–Kier alpha value is -1.35. The largest absolute Gasteiger partial charge is 0.338 e. The molecule has 0 bridgehead atoms. The highest BCUT2D eigenvalue weighted by molar-refractivity contribution is 5.96. The van der Waals surface area contributed by atoms with Crippen molar-refractivity contribution in [2.24, 2.45) is 5.41 Å². The maximum Gasteiger partial charge on any atom is 0.254 e. The van der Waals surface area contributed by atoms with Gasteiger partial charge in [0.1, 0.15) is 0 Å². The first-order valence-electron chi connectivity index (χ1n) is 7.18. The van der Waals surface area contributed by atoms with E-state index in [1.165, 1.54) is 11.1 Å². The highest BCUT2D eigenvalue weighted by atomic mass is 16.2. The molecule has 0 unspecified atom stereocenters. The predicted molar refractivity (Wildman–Crippen MR) is 76.2 cm³/mol. The van der Waals surface area contributed by atoms with Crippen LogP contribution in [0.1, 0.15) is 41.8 Å². The van der Waals surface area contributed by atoms with Crippen molar-refractivity contribution in [3.63, 3.8) is 0 Å². The highest BCUT2D eigenvalue weighted by Gasteiger charge is 2.33. The summed E-state index contributed by atoms with van der Waals surface area (Å²) in [5, 5.41) is 3.36. The zero-order valence-corrected chi connectivity index (χ0v) is 11.8. The number of rotatable bonds is 1. The van der Waals surface area contributed by atoms with Gasteiger partial charge in [0.05, 0.1) is 0 Å². The van der Waals surface area contributed by atoms with Crippen molar-refractivity contribution in [1.29, 1.82) is 0 Å². The zero-order valence-electron chi connectivity index (χ0n) is 11.8. The van der Waals surface area contributed by atoms with E-state index in [1.807, 2.05) is 17.0 Å². The van der Waals surface area contributed by atoms with E-state index in [0.29, 0.717) is 0 Å². The molecule has 19 heavy (non-hydrogen) atoms. The van der Waals surface area contributed by atoms with E-state index in [4.69, 9.17) is 0 Å². The number of benzene rings is 1. The van der Waals surface area contributed by atoms with Gasteiger partial charge in [-0.3, -0.25) is 4.79 Å². The minimum absolute atomic E-state index is 0.226. The Morgan fingerprint density at radius 2 is 2.21 bits per heavy atom. The number of nitrogens with one attached hydrogen (secondary N) is 1. The summed E-state index contributed by atoms with van der Waals surface area (Å²) in [6, 6.07) is 6.14. The number of amides is 1. The fraction of sp³-hybridized carbons (Fsp3) is 0.562. The van der Waals surface area contributed by atoms with Crippen LogP contribution in [0.2, 0.25) is 0 Å². The van der Waals surface area contributed by atoms with Crippen LogP contribution in [-0.2, 0) is 13.0 Å². The Bertz CT molecular complexity index is 507. The van der Waals surface area contributed by atoms with Gasteiger partial charge in [0.2, 0.25) is 0 Å². The number of hydrogen-bond acceptors (Lipinski definition) is 2. The lowest BCUT2D eigenvalue weighted by Crippen LogP contribution is -2.33. The van der Waals surface area contributed by atoms with Crippen LogP contribution in [0, 0.1) is 5.41 Å². The van der Waals surface area contributed by atoms with Crippen LogP contribution in [-0.4, -0.2) is 30.4 Å². The standard InChI is InChI=1S/C16H22N2O/c1-16(2)7-9-18(11-16)15(19)14-5-3-4-12-10-17-8-6-13(12)14/h3-5,17H,6-11H2,1-2H3. The summed E-state index contributed by atoms with van der Waals surface area (Å²) in [6.07, 6.45) is 2.07. The van der Waals surface area contributed by atoms with E-state index in [-0.39, 0.29) is 11.3 Å². The minimum Gasteiger partial charge on any atom is -0.338 e. The van der Waals surface area contributed by atoms with Crippen LogP contribution in [0.25, 0.3) is 0 Å². The fourth-order valence-electron chi connectivity index (χ4n) is 3.19. The first-order valence-corrected chi connectivity index (χ1v) is 7.18. The van der Waals surface area contributed by atoms with Crippen LogP contribution in [0.3, 0.4) is 0 Å². The number of nitrogens with zero attached hydrogens (tertiary/aromatic N) is 1. The molecule has 2 heterocycles. The van der Waals surface area contributed by atoms with Crippen molar-refractivity contribution < 1.29 is 4.79 Å². The average Bonchev–Trinajstić information content (AvgIpc) is 2.78. The molecule has 1 aromatic carbocycles. The van der Waals surface area contributed by atoms with E-state index in [9.17, 15) is 4.79 Å². The molecule has 1 N–H and O–H groups in total. The molecule has 0 radical (unpaired) electrons. The molecule has 2 aliphatic heterocycles. The second-order valence-electron chi connectivity index (χ2n) is 6.51. The van der Waals surface area contributed by atoms with Crippen LogP contribution < -0.4 is 5.32 Å². The molecule has 3 heteroatoms. The quantitative estimate of drug-likeness (QED) is 0.837. The third kappa shape index (κ3) is 2.39. The molecular formula is C16H22N2O. The molecule has 0 saturated carbocycles. The average molecular weight is 258 g/mol. The Kier molecular flexibility index (Phi) is 3.09. The normalized spacial score (nSPS) is 21.3. The molecule has 2 aliphatic rings. The van der Waals surface area contributed by atoms with Crippen molar-refractivity contribution >= 4 is 5.91 Å². The first-order chi connectivity index (χ1) is 9.07. The number of hydrogen-bond donors (Lipinski definition) is 1. The van der Waals surface area contributed by atoms with Gasteiger partial charge < -0.3 is 10.2 Å². The smallest absolute Gasteiger partial charge is 0.254 e. The molecule has 1 amide bonds. The van der Waals surface area contributed by atoms with Crippen molar-refractivity contribution in [3.05, 3.63) is 34.9 Å². The van der Waals surface area contributed by atoms with Gasteiger partial charge in [-0.05, 0) is 42.0 Å². The van der Waals surface area contributed by atoms with E-state index in [0.717, 1.165) is 44.6 Å². The summed E-state index contributed by atoms with van der Waals surface area (Å²) in [4.78, 5) is 14.7. The summed E-state index contributed by atoms with van der Waals surface area (Å²) < 4.78 is 0. The third-order valence-electron chi connectivity index (χ3n) is 4.34. The molecular weight excluding hydrogens is 236 g/mol. The Balaban J connectivity index is 1.88. The number of likely N-dealkylation sites (tertiary alicyclic amines) is 1. The van der Waals surface area contributed by atoms with Crippen LogP contribution in [0.5, 0.6) is 0 Å². The van der Waals surface area contributed by atoms with E-state index in [1.54, 1.807) is 0 Å². The van der Waals surface area contributed by atoms with Crippen LogP contribution >= 0.6 is 0 Å². The van der Waals surface area contributed by atoms with Crippen molar-refractivity contribution in [2.45, 2.75) is 33.2 Å². The van der Waals surface area contributed by atoms with Gasteiger partial charge in [0.15, 0.2) is 0 Å². The van der Waals surface area contributed by atoms with Crippen LogP contribution in [0.4, 0.5) is 0 Å². The summed E-state index contributed by atoms with van der Waals surface area (Å²) >= 11 is 0. The van der Waals surface area contributed by atoms with Gasteiger partial charge in [-0.1, -0.05) is 26.0 Å². The first kappa shape index (κ1) is 12.7. The molecule has 3 nitrogen and oxygen atoms in total. The molecule has 1 aromatic rings. The molecule has 0 spiro atoms. The van der Waals surface area contributed by atoms with Gasteiger partial charge in [-0.15, -0.1) is 0 Å². The molecule has 0 aliphatic carbocycles. The minimum atomic E-state index is 0.226. The molecule has 0 aromatic heterocycles. The molecule has 1 saturated heterocycles. The van der Waals surface area contributed by atoms with E-state index < -0.39 is 0 Å². The van der Waals surface area contributed by atoms with Gasteiger partial charge in [0.25, 0.3) is 5.91 Å². The molecule has 3 rings (SSSR count). The highest BCUT2D eigenvalue weighted by Crippen LogP contribution is 2.30. The topological polar surface area (TPSA) is 32.3 Å². The van der Waals surface area contributed by atoms with Crippen molar-refractivity contribution in [1.82, 2.24) is 10.2 Å².